The molecule has 0 unspecified atom stereocenters. The van der Waals surface area contributed by atoms with Gasteiger partial charge in [0, 0.05) is 34.9 Å². The van der Waals surface area contributed by atoms with Crippen molar-refractivity contribution < 1.29 is 35.9 Å². The van der Waals surface area contributed by atoms with Crippen molar-refractivity contribution in [3.8, 4) is 11.1 Å². The first-order chi connectivity index (χ1) is 23.5. The van der Waals surface area contributed by atoms with Crippen molar-refractivity contribution >= 4 is 46.7 Å². The zero-order valence-electron chi connectivity index (χ0n) is 26.5. The van der Waals surface area contributed by atoms with Gasteiger partial charge in [-0.15, -0.1) is 0 Å². The van der Waals surface area contributed by atoms with E-state index in [-0.39, 0.29) is 33.2 Å². The minimum absolute atomic E-state index is 0.144. The van der Waals surface area contributed by atoms with Crippen molar-refractivity contribution in [3.63, 3.8) is 0 Å². The molecular weight excluding hydrogens is 711 g/mol. The number of amides is 2. The summed E-state index contributed by atoms with van der Waals surface area (Å²) in [6.07, 6.45) is -7.74. The summed E-state index contributed by atoms with van der Waals surface area (Å²) in [6, 6.07) is 7.41. The summed E-state index contributed by atoms with van der Waals surface area (Å²) in [7, 11) is 0. The molecule has 0 fully saturated rings. The monoisotopic (exact) mass is 740 g/mol. The summed E-state index contributed by atoms with van der Waals surface area (Å²) in [5.41, 5.74) is -4.95. The van der Waals surface area contributed by atoms with Crippen LogP contribution in [-0.4, -0.2) is 43.3 Å². The molecule has 0 atom stereocenters. The molecule has 0 aliphatic carbocycles. The van der Waals surface area contributed by atoms with Crippen LogP contribution in [0.5, 0.6) is 0 Å². The molecule has 0 saturated heterocycles. The third kappa shape index (κ3) is 10.7. The van der Waals surface area contributed by atoms with E-state index in [4.69, 9.17) is 0 Å². The predicted molar refractivity (Wildman–Crippen MR) is 178 cm³/mol. The molecule has 0 spiro atoms. The number of hydrogen-bond donors (Lipinski definition) is 4. The minimum atomic E-state index is -5.12. The third-order valence-electron chi connectivity index (χ3n) is 6.75. The fourth-order valence-corrected chi connectivity index (χ4v) is 6.11. The minimum Gasteiger partial charge on any atom is -0.325 e. The molecule has 0 aliphatic heterocycles. The second-order valence-corrected chi connectivity index (χ2v) is 12.7. The zero-order chi connectivity index (χ0) is 36.6. The maximum absolute atomic E-state index is 14.2. The van der Waals surface area contributed by atoms with Gasteiger partial charge in [0.05, 0.1) is 22.6 Å². The second kappa shape index (κ2) is 16.4. The first-order valence-electron chi connectivity index (χ1n) is 15.0. The Labute approximate surface area is 289 Å². The number of aromatic nitrogens is 4. The van der Waals surface area contributed by atoms with E-state index in [0.717, 1.165) is 60.6 Å². The van der Waals surface area contributed by atoms with E-state index in [1.54, 1.807) is 0 Å². The van der Waals surface area contributed by atoms with Crippen LogP contribution in [0.3, 0.4) is 0 Å². The summed E-state index contributed by atoms with van der Waals surface area (Å²) in [5.74, 6) is -2.15. The number of rotatable bonds is 13. The Balaban J connectivity index is 1.53. The van der Waals surface area contributed by atoms with Crippen LogP contribution in [0.4, 0.5) is 37.7 Å². The van der Waals surface area contributed by atoms with Crippen molar-refractivity contribution in [2.24, 2.45) is 0 Å². The molecule has 18 heteroatoms. The molecule has 4 rings (SSSR count). The number of anilines is 2. The Bertz CT molecular complexity index is 1840. The van der Waals surface area contributed by atoms with Crippen molar-refractivity contribution in [2.75, 3.05) is 22.1 Å². The van der Waals surface area contributed by atoms with Gasteiger partial charge in [-0.25, -0.2) is 9.97 Å². The lowest BCUT2D eigenvalue weighted by atomic mass is 9.93. The van der Waals surface area contributed by atoms with Crippen molar-refractivity contribution in [1.29, 1.82) is 0 Å². The van der Waals surface area contributed by atoms with E-state index in [1.165, 1.54) is 12.1 Å². The van der Waals surface area contributed by atoms with Gasteiger partial charge in [-0.1, -0.05) is 62.3 Å². The number of nitrogens with zero attached hydrogens (tertiary/aromatic N) is 2. The Morgan fingerprint density at radius 2 is 1.04 bits per heavy atom. The number of thioether (sulfide) groups is 2. The Morgan fingerprint density at radius 1 is 0.660 bits per heavy atom. The van der Waals surface area contributed by atoms with Gasteiger partial charge in [0.1, 0.15) is 0 Å². The van der Waals surface area contributed by atoms with Gasteiger partial charge in [0.2, 0.25) is 11.8 Å². The normalized spacial score (nSPS) is 11.8. The lowest BCUT2D eigenvalue weighted by Gasteiger charge is -2.20. The van der Waals surface area contributed by atoms with Crippen LogP contribution in [0.1, 0.15) is 49.2 Å². The molecule has 10 nitrogen and oxygen atoms in total. The number of carbonyl (C=O) groups is 2. The largest absolute Gasteiger partial charge is 0.417 e. The van der Waals surface area contributed by atoms with Gasteiger partial charge in [-0.05, 0) is 48.2 Å². The molecular formula is C32H30F6N6O4S2. The highest BCUT2D eigenvalue weighted by Crippen LogP contribution is 2.44. The Morgan fingerprint density at radius 3 is 1.38 bits per heavy atom. The molecule has 0 aliphatic rings. The van der Waals surface area contributed by atoms with E-state index < -0.39 is 57.5 Å². The standard InChI is InChI=1S/C32H30F6N6O4S2/c1-3-5-17-13-25(45)43-29(41-17)49-15-27(47)39-19-7-9-21(23(11-19)31(33,34)35)22-10-8-20(12-24(22)32(36,37)38)40-28(48)16-50-30-42-18(6-4-2)14-26(46)44-30/h7-14H,3-6,15-16H2,1-2H3,(H,39,47)(H,40,48)(H,41,43,45)(H,42,44,46). The third-order valence-corrected chi connectivity index (χ3v) is 8.49. The van der Waals surface area contributed by atoms with Crippen molar-refractivity contribution in [2.45, 2.75) is 62.2 Å². The fourth-order valence-electron chi connectivity index (χ4n) is 4.72. The van der Waals surface area contributed by atoms with Gasteiger partial charge in [-0.3, -0.25) is 19.2 Å². The van der Waals surface area contributed by atoms with Crippen LogP contribution in [0.15, 0.2) is 68.4 Å². The molecule has 2 amide bonds. The maximum Gasteiger partial charge on any atom is 0.417 e. The number of alkyl halides is 6. The molecule has 4 aromatic rings. The number of halogens is 6. The number of nitrogens with one attached hydrogen (secondary N) is 4. The number of benzene rings is 2. The first-order valence-corrected chi connectivity index (χ1v) is 17.0. The van der Waals surface area contributed by atoms with Gasteiger partial charge < -0.3 is 20.6 Å². The summed E-state index contributed by atoms with van der Waals surface area (Å²) < 4.78 is 85.4. The molecule has 50 heavy (non-hydrogen) atoms. The van der Waals surface area contributed by atoms with Crippen LogP contribution in [0, 0.1) is 0 Å². The number of aromatic amines is 2. The van der Waals surface area contributed by atoms with Crippen LogP contribution < -0.4 is 21.8 Å². The summed E-state index contributed by atoms with van der Waals surface area (Å²) >= 11 is 1.70. The highest BCUT2D eigenvalue weighted by Gasteiger charge is 2.39. The number of hydrogen-bond acceptors (Lipinski definition) is 8. The van der Waals surface area contributed by atoms with E-state index in [9.17, 15) is 45.5 Å². The molecule has 0 saturated carbocycles. The highest BCUT2D eigenvalue weighted by molar-refractivity contribution is 8.00. The number of carbonyl (C=O) groups excluding carboxylic acids is 2. The molecule has 2 heterocycles. The molecule has 4 N–H and O–H groups in total. The molecule has 0 bridgehead atoms. The lowest BCUT2D eigenvalue weighted by Crippen LogP contribution is -2.18. The maximum atomic E-state index is 14.2. The smallest absolute Gasteiger partial charge is 0.325 e. The highest BCUT2D eigenvalue weighted by atomic mass is 32.2. The average Bonchev–Trinajstić information content (AvgIpc) is 3.02. The van der Waals surface area contributed by atoms with E-state index in [0.29, 0.717) is 36.4 Å². The van der Waals surface area contributed by atoms with Crippen LogP contribution >= 0.6 is 23.5 Å². The van der Waals surface area contributed by atoms with E-state index in [1.807, 2.05) is 13.8 Å². The van der Waals surface area contributed by atoms with Gasteiger partial charge in [0.15, 0.2) is 10.3 Å². The Kier molecular flexibility index (Phi) is 12.6. The molecule has 2 aromatic heterocycles. The first kappa shape index (κ1) is 38.2. The summed E-state index contributed by atoms with van der Waals surface area (Å²) in [4.78, 5) is 62.2. The molecule has 266 valence electrons. The zero-order valence-corrected chi connectivity index (χ0v) is 28.1. The average molecular weight is 741 g/mol. The van der Waals surface area contributed by atoms with E-state index in [2.05, 4.69) is 30.6 Å². The van der Waals surface area contributed by atoms with Crippen LogP contribution in [0.25, 0.3) is 11.1 Å². The molecule has 0 radical (unpaired) electrons. The van der Waals surface area contributed by atoms with Gasteiger partial charge in [0.25, 0.3) is 11.1 Å². The Hall–Kier alpha value is -4.58. The van der Waals surface area contributed by atoms with Crippen molar-refractivity contribution in [3.05, 3.63) is 91.8 Å². The fraction of sp³-hybridized carbons (Fsp3) is 0.312. The SMILES string of the molecule is CCCc1cc(=O)[nH]c(SCC(=O)Nc2ccc(-c3ccc(NC(=O)CSc4nc(CCC)cc(=O)[nH]4)cc3C(F)(F)F)c(C(F)(F)F)c2)n1. The predicted octanol–water partition coefficient (Wildman–Crippen LogP) is 6.92. The van der Waals surface area contributed by atoms with Gasteiger partial charge >= 0.3 is 12.4 Å². The van der Waals surface area contributed by atoms with Gasteiger partial charge in [-0.2, -0.15) is 26.3 Å². The summed E-state index contributed by atoms with van der Waals surface area (Å²) in [5, 5.41) is 4.88. The topological polar surface area (TPSA) is 150 Å². The number of H-pyrrole nitrogens is 2. The van der Waals surface area contributed by atoms with Crippen molar-refractivity contribution in [1.82, 2.24) is 19.9 Å². The quantitative estimate of drug-likeness (QED) is 0.0656. The van der Waals surface area contributed by atoms with E-state index >= 15 is 0 Å². The van der Waals surface area contributed by atoms with Crippen LogP contribution in [-0.2, 0) is 34.8 Å². The number of aryl methyl sites for hydroxylation is 2. The second-order valence-electron chi connectivity index (χ2n) is 10.8. The lowest BCUT2D eigenvalue weighted by molar-refractivity contribution is -0.139. The summed E-state index contributed by atoms with van der Waals surface area (Å²) in [6.45, 7) is 3.78. The van der Waals surface area contributed by atoms with Crippen LogP contribution in [0.2, 0.25) is 0 Å². The molecule has 2 aromatic carbocycles.